The fourth-order valence-corrected chi connectivity index (χ4v) is 1.57. The van der Waals surface area contributed by atoms with E-state index in [2.05, 4.69) is 5.32 Å². The highest BCUT2D eigenvalue weighted by Gasteiger charge is 2.63. The van der Waals surface area contributed by atoms with Gasteiger partial charge in [-0.15, -0.1) is 0 Å². The second kappa shape index (κ2) is 3.26. The van der Waals surface area contributed by atoms with Crippen molar-refractivity contribution in [2.24, 2.45) is 0 Å². The molecule has 0 saturated heterocycles. The van der Waals surface area contributed by atoms with Crippen LogP contribution >= 0.6 is 0 Å². The zero-order valence-electron chi connectivity index (χ0n) is 8.24. The number of nitrogens with two attached hydrogens (primary N) is 1. The topological polar surface area (TPSA) is 38.0 Å². The lowest BCUT2D eigenvalue weighted by atomic mass is 10.2. The quantitative estimate of drug-likeness (QED) is 0.610. The van der Waals surface area contributed by atoms with Crippen LogP contribution in [0.5, 0.6) is 0 Å². The fraction of sp³-hybridized carbons (Fsp3) is 0.400. The molecule has 0 atom stereocenters. The van der Waals surface area contributed by atoms with Crippen molar-refractivity contribution in [1.29, 1.82) is 0 Å². The molecule has 0 aromatic heterocycles. The minimum atomic E-state index is -4.33. The summed E-state index contributed by atoms with van der Waals surface area (Å²) in [4.78, 5) is 0. The Morgan fingerprint density at radius 2 is 1.81 bits per heavy atom. The third-order valence-electron chi connectivity index (χ3n) is 2.60. The Morgan fingerprint density at radius 1 is 1.19 bits per heavy atom. The molecule has 3 N–H and O–H groups in total. The van der Waals surface area contributed by atoms with Crippen LogP contribution in [0.3, 0.4) is 0 Å². The predicted octanol–water partition coefficient (Wildman–Crippen LogP) is 2.91. The molecule has 0 unspecified atom stereocenters. The standard InChI is InChI=1S/C10H10F4N2/c11-6-3-7(15)5-8(4-6)16-9(1-2-9)10(12,13)14/h3-5,16H,1-2,15H2. The lowest BCUT2D eigenvalue weighted by molar-refractivity contribution is -0.151. The van der Waals surface area contributed by atoms with Crippen LogP contribution in [0.25, 0.3) is 0 Å². The van der Waals surface area contributed by atoms with Gasteiger partial charge in [0.1, 0.15) is 11.4 Å². The molecule has 1 aliphatic rings. The van der Waals surface area contributed by atoms with E-state index in [0.29, 0.717) is 0 Å². The molecule has 6 heteroatoms. The molecule has 0 bridgehead atoms. The molecule has 1 saturated carbocycles. The molecule has 0 heterocycles. The number of hydrogen-bond donors (Lipinski definition) is 2. The van der Waals surface area contributed by atoms with Crippen molar-refractivity contribution >= 4 is 11.4 Å². The molecule has 88 valence electrons. The first kappa shape index (κ1) is 11.0. The Bertz CT molecular complexity index is 390. The van der Waals surface area contributed by atoms with Crippen LogP contribution in [0.1, 0.15) is 12.8 Å². The van der Waals surface area contributed by atoms with Crippen molar-refractivity contribution in [1.82, 2.24) is 0 Å². The Kier molecular flexibility index (Phi) is 2.25. The van der Waals surface area contributed by atoms with Crippen molar-refractivity contribution < 1.29 is 17.6 Å². The van der Waals surface area contributed by atoms with Gasteiger partial charge in [0.05, 0.1) is 0 Å². The van der Waals surface area contributed by atoms with Gasteiger partial charge in [-0.3, -0.25) is 0 Å². The van der Waals surface area contributed by atoms with Gasteiger partial charge in [-0.1, -0.05) is 0 Å². The Hall–Kier alpha value is -1.46. The molecule has 2 nitrogen and oxygen atoms in total. The normalized spacial score (nSPS) is 18.2. The second-order valence-electron chi connectivity index (χ2n) is 3.98. The Balaban J connectivity index is 2.22. The van der Waals surface area contributed by atoms with Crippen LogP contribution in [-0.4, -0.2) is 11.7 Å². The highest BCUT2D eigenvalue weighted by molar-refractivity contribution is 5.57. The van der Waals surface area contributed by atoms with E-state index in [1.165, 1.54) is 6.07 Å². The van der Waals surface area contributed by atoms with Crippen LogP contribution in [0.2, 0.25) is 0 Å². The minimum Gasteiger partial charge on any atom is -0.399 e. The van der Waals surface area contributed by atoms with E-state index in [0.717, 1.165) is 12.1 Å². The van der Waals surface area contributed by atoms with Gasteiger partial charge < -0.3 is 11.1 Å². The predicted molar refractivity (Wildman–Crippen MR) is 52.5 cm³/mol. The van der Waals surface area contributed by atoms with Gasteiger partial charge in [0.2, 0.25) is 0 Å². The van der Waals surface area contributed by atoms with Crippen LogP contribution < -0.4 is 11.1 Å². The molecule has 1 fully saturated rings. The lowest BCUT2D eigenvalue weighted by Crippen LogP contribution is -2.38. The lowest BCUT2D eigenvalue weighted by Gasteiger charge is -2.22. The number of anilines is 2. The van der Waals surface area contributed by atoms with Gasteiger partial charge in [-0.05, 0) is 31.0 Å². The van der Waals surface area contributed by atoms with E-state index in [-0.39, 0.29) is 24.2 Å². The summed E-state index contributed by atoms with van der Waals surface area (Å²) in [5.74, 6) is -0.652. The molecule has 1 aromatic carbocycles. The van der Waals surface area contributed by atoms with Crippen molar-refractivity contribution in [3.8, 4) is 0 Å². The zero-order chi connectivity index (χ0) is 12.0. The SMILES string of the molecule is Nc1cc(F)cc(NC2(C(F)(F)F)CC2)c1. The number of halogens is 4. The van der Waals surface area contributed by atoms with Gasteiger partial charge in [-0.2, -0.15) is 13.2 Å². The van der Waals surface area contributed by atoms with E-state index in [9.17, 15) is 17.6 Å². The van der Waals surface area contributed by atoms with E-state index >= 15 is 0 Å². The van der Waals surface area contributed by atoms with Gasteiger partial charge in [0.15, 0.2) is 0 Å². The highest BCUT2D eigenvalue weighted by Crippen LogP contribution is 2.51. The van der Waals surface area contributed by atoms with Crippen molar-refractivity contribution in [2.45, 2.75) is 24.6 Å². The summed E-state index contributed by atoms with van der Waals surface area (Å²) in [7, 11) is 0. The maximum atomic E-state index is 12.9. The summed E-state index contributed by atoms with van der Waals surface area (Å²) in [6.45, 7) is 0. The highest BCUT2D eigenvalue weighted by atomic mass is 19.4. The fourth-order valence-electron chi connectivity index (χ4n) is 1.57. The first-order valence-electron chi connectivity index (χ1n) is 4.73. The minimum absolute atomic E-state index is 0.00686. The molecule has 16 heavy (non-hydrogen) atoms. The van der Waals surface area contributed by atoms with Crippen LogP contribution in [0, 0.1) is 5.82 Å². The van der Waals surface area contributed by atoms with Crippen LogP contribution in [0.15, 0.2) is 18.2 Å². The molecule has 1 aromatic rings. The van der Waals surface area contributed by atoms with E-state index in [4.69, 9.17) is 5.73 Å². The summed E-state index contributed by atoms with van der Waals surface area (Å²) in [5, 5.41) is 2.31. The second-order valence-corrected chi connectivity index (χ2v) is 3.98. The molecule has 0 radical (unpaired) electrons. The van der Waals surface area contributed by atoms with Gasteiger partial charge in [-0.25, -0.2) is 4.39 Å². The van der Waals surface area contributed by atoms with Gasteiger partial charge >= 0.3 is 6.18 Å². The van der Waals surface area contributed by atoms with Crippen molar-refractivity contribution in [3.05, 3.63) is 24.0 Å². The average Bonchev–Trinajstić information content (AvgIpc) is 2.81. The molecular formula is C10H10F4N2. The Morgan fingerprint density at radius 3 is 2.25 bits per heavy atom. The Labute approximate surface area is 89.4 Å². The van der Waals surface area contributed by atoms with E-state index in [1.54, 1.807) is 0 Å². The summed E-state index contributed by atoms with van der Waals surface area (Å²) in [6, 6.07) is 3.34. The molecule has 0 aliphatic heterocycles. The average molecular weight is 234 g/mol. The molecular weight excluding hydrogens is 224 g/mol. The zero-order valence-corrected chi connectivity index (χ0v) is 8.24. The van der Waals surface area contributed by atoms with E-state index < -0.39 is 17.5 Å². The summed E-state index contributed by atoms with van der Waals surface area (Å²) < 4.78 is 50.7. The number of rotatable bonds is 2. The first-order valence-corrected chi connectivity index (χ1v) is 4.73. The van der Waals surface area contributed by atoms with Crippen molar-refractivity contribution in [2.75, 3.05) is 11.1 Å². The van der Waals surface area contributed by atoms with Crippen LogP contribution in [0.4, 0.5) is 28.9 Å². The summed E-state index contributed by atoms with van der Waals surface area (Å²) in [6.07, 6.45) is -4.31. The summed E-state index contributed by atoms with van der Waals surface area (Å²) >= 11 is 0. The largest absolute Gasteiger partial charge is 0.411 e. The number of alkyl halides is 3. The van der Waals surface area contributed by atoms with Gasteiger partial charge in [0.25, 0.3) is 0 Å². The third-order valence-corrected chi connectivity index (χ3v) is 2.60. The smallest absolute Gasteiger partial charge is 0.399 e. The summed E-state index contributed by atoms with van der Waals surface area (Å²) in [5.41, 5.74) is 3.61. The molecule has 0 spiro atoms. The van der Waals surface area contributed by atoms with Crippen LogP contribution in [-0.2, 0) is 0 Å². The van der Waals surface area contributed by atoms with Gasteiger partial charge in [0, 0.05) is 11.4 Å². The maximum absolute atomic E-state index is 12.9. The maximum Gasteiger partial charge on any atom is 0.411 e. The molecule has 0 amide bonds. The van der Waals surface area contributed by atoms with E-state index in [1.807, 2.05) is 0 Å². The monoisotopic (exact) mass is 234 g/mol. The third kappa shape index (κ3) is 1.91. The number of nitrogen functional groups attached to an aromatic ring is 1. The molecule has 2 rings (SSSR count). The number of nitrogens with one attached hydrogen (secondary N) is 1. The molecule has 1 aliphatic carbocycles. The number of hydrogen-bond acceptors (Lipinski definition) is 2. The number of benzene rings is 1. The first-order chi connectivity index (χ1) is 7.32. The van der Waals surface area contributed by atoms with Crippen molar-refractivity contribution in [3.63, 3.8) is 0 Å².